The maximum Gasteiger partial charge on any atom is 0.307 e. The van der Waals surface area contributed by atoms with E-state index >= 15 is 0 Å². The SMILES string of the molecule is CCC(CC(=O)OC)NC(=O)CCc1ccc2c(c1)OCO2. The molecular weight excluding hydrogens is 286 g/mol. The quantitative estimate of drug-likeness (QED) is 0.778. The van der Waals surface area contributed by atoms with Gasteiger partial charge in [-0.05, 0) is 30.5 Å². The summed E-state index contributed by atoms with van der Waals surface area (Å²) in [4.78, 5) is 23.2. The smallest absolute Gasteiger partial charge is 0.307 e. The molecule has 1 amide bonds. The van der Waals surface area contributed by atoms with Crippen molar-refractivity contribution in [2.45, 2.75) is 38.6 Å². The predicted molar refractivity (Wildman–Crippen MR) is 79.7 cm³/mol. The molecule has 1 unspecified atom stereocenters. The van der Waals surface area contributed by atoms with Crippen LogP contribution in [0, 0.1) is 0 Å². The highest BCUT2D eigenvalue weighted by Crippen LogP contribution is 2.32. The van der Waals surface area contributed by atoms with Gasteiger partial charge < -0.3 is 19.5 Å². The van der Waals surface area contributed by atoms with Crippen LogP contribution < -0.4 is 14.8 Å². The number of aryl methyl sites for hydroxylation is 1. The molecule has 0 aliphatic carbocycles. The van der Waals surface area contributed by atoms with Crippen LogP contribution in [0.5, 0.6) is 11.5 Å². The molecule has 6 nitrogen and oxygen atoms in total. The summed E-state index contributed by atoms with van der Waals surface area (Å²) in [6.07, 6.45) is 1.85. The van der Waals surface area contributed by atoms with E-state index < -0.39 is 0 Å². The van der Waals surface area contributed by atoms with E-state index in [1.807, 2.05) is 25.1 Å². The van der Waals surface area contributed by atoms with Crippen molar-refractivity contribution >= 4 is 11.9 Å². The highest BCUT2D eigenvalue weighted by atomic mass is 16.7. The number of benzene rings is 1. The Morgan fingerprint density at radius 1 is 1.32 bits per heavy atom. The first-order valence-corrected chi connectivity index (χ1v) is 7.37. The number of carbonyl (C=O) groups excluding carboxylic acids is 2. The topological polar surface area (TPSA) is 73.9 Å². The van der Waals surface area contributed by atoms with Crippen molar-refractivity contribution in [3.05, 3.63) is 23.8 Å². The monoisotopic (exact) mass is 307 g/mol. The van der Waals surface area contributed by atoms with Crippen LogP contribution >= 0.6 is 0 Å². The van der Waals surface area contributed by atoms with Crippen LogP contribution in [-0.2, 0) is 20.7 Å². The number of fused-ring (bicyclic) bond motifs is 1. The summed E-state index contributed by atoms with van der Waals surface area (Å²) >= 11 is 0. The van der Waals surface area contributed by atoms with Gasteiger partial charge in [-0.1, -0.05) is 13.0 Å². The van der Waals surface area contributed by atoms with Gasteiger partial charge in [-0.2, -0.15) is 0 Å². The molecule has 1 heterocycles. The predicted octanol–water partition coefficient (Wildman–Crippen LogP) is 1.81. The largest absolute Gasteiger partial charge is 0.469 e. The molecule has 0 saturated carbocycles. The number of hydrogen-bond acceptors (Lipinski definition) is 5. The molecule has 0 spiro atoms. The molecule has 1 atom stereocenters. The van der Waals surface area contributed by atoms with E-state index in [0.717, 1.165) is 17.1 Å². The third kappa shape index (κ3) is 4.38. The molecule has 22 heavy (non-hydrogen) atoms. The molecule has 0 radical (unpaired) electrons. The van der Waals surface area contributed by atoms with Crippen molar-refractivity contribution in [3.63, 3.8) is 0 Å². The first-order valence-electron chi connectivity index (χ1n) is 7.37. The average molecular weight is 307 g/mol. The van der Waals surface area contributed by atoms with Crippen molar-refractivity contribution in [3.8, 4) is 11.5 Å². The number of ether oxygens (including phenoxy) is 3. The Hall–Kier alpha value is -2.24. The lowest BCUT2D eigenvalue weighted by atomic mass is 10.1. The number of carbonyl (C=O) groups is 2. The van der Waals surface area contributed by atoms with E-state index in [4.69, 9.17) is 9.47 Å². The highest BCUT2D eigenvalue weighted by molar-refractivity contribution is 5.78. The normalized spacial score (nSPS) is 13.5. The summed E-state index contributed by atoms with van der Waals surface area (Å²) in [6.45, 7) is 2.16. The van der Waals surface area contributed by atoms with E-state index in [1.165, 1.54) is 7.11 Å². The van der Waals surface area contributed by atoms with E-state index in [-0.39, 0.29) is 31.1 Å². The lowest BCUT2D eigenvalue weighted by Crippen LogP contribution is -2.36. The Balaban J connectivity index is 1.80. The number of hydrogen-bond donors (Lipinski definition) is 1. The van der Waals surface area contributed by atoms with Crippen LogP contribution in [0.15, 0.2) is 18.2 Å². The van der Waals surface area contributed by atoms with Gasteiger partial charge in [0.1, 0.15) is 0 Å². The second-order valence-electron chi connectivity index (χ2n) is 5.14. The zero-order valence-corrected chi connectivity index (χ0v) is 12.9. The fraction of sp³-hybridized carbons (Fsp3) is 0.500. The Kier molecular flexibility index (Phi) is 5.63. The fourth-order valence-corrected chi connectivity index (χ4v) is 2.24. The van der Waals surface area contributed by atoms with Gasteiger partial charge >= 0.3 is 5.97 Å². The molecule has 1 aromatic carbocycles. The molecule has 1 aliphatic heterocycles. The van der Waals surface area contributed by atoms with Crippen LogP contribution in [0.1, 0.15) is 31.7 Å². The summed E-state index contributed by atoms with van der Waals surface area (Å²) in [6, 6.07) is 5.48. The van der Waals surface area contributed by atoms with Crippen molar-refractivity contribution in [2.75, 3.05) is 13.9 Å². The number of amides is 1. The van der Waals surface area contributed by atoms with Crippen molar-refractivity contribution in [2.24, 2.45) is 0 Å². The van der Waals surface area contributed by atoms with Crippen LogP contribution in [-0.4, -0.2) is 31.8 Å². The van der Waals surface area contributed by atoms with Crippen LogP contribution in [0.25, 0.3) is 0 Å². The molecule has 6 heteroatoms. The minimum absolute atomic E-state index is 0.0755. The van der Waals surface area contributed by atoms with E-state index in [2.05, 4.69) is 10.1 Å². The Morgan fingerprint density at radius 3 is 2.82 bits per heavy atom. The second-order valence-corrected chi connectivity index (χ2v) is 5.14. The first kappa shape index (κ1) is 16.1. The zero-order chi connectivity index (χ0) is 15.9. The first-order chi connectivity index (χ1) is 10.6. The van der Waals surface area contributed by atoms with Crippen molar-refractivity contribution in [1.82, 2.24) is 5.32 Å². The van der Waals surface area contributed by atoms with Gasteiger partial charge in [0.05, 0.1) is 13.5 Å². The van der Waals surface area contributed by atoms with Crippen molar-refractivity contribution < 1.29 is 23.8 Å². The van der Waals surface area contributed by atoms with Crippen LogP contribution in [0.3, 0.4) is 0 Å². The standard InChI is InChI=1S/C16H21NO5/c1-3-12(9-16(19)20-2)17-15(18)7-5-11-4-6-13-14(8-11)22-10-21-13/h4,6,8,12H,3,5,7,9-10H2,1-2H3,(H,17,18). The van der Waals surface area contributed by atoms with E-state index in [0.29, 0.717) is 19.3 Å². The van der Waals surface area contributed by atoms with Gasteiger partial charge in [0.25, 0.3) is 0 Å². The maximum atomic E-state index is 12.0. The summed E-state index contributed by atoms with van der Waals surface area (Å²) in [7, 11) is 1.34. The summed E-state index contributed by atoms with van der Waals surface area (Å²) in [5, 5.41) is 2.86. The summed E-state index contributed by atoms with van der Waals surface area (Å²) in [5.41, 5.74) is 1.01. The lowest BCUT2D eigenvalue weighted by molar-refractivity contribution is -0.141. The minimum Gasteiger partial charge on any atom is -0.469 e. The molecule has 0 saturated heterocycles. The molecule has 2 rings (SSSR count). The van der Waals surface area contributed by atoms with Gasteiger partial charge in [0.15, 0.2) is 11.5 Å². The molecule has 120 valence electrons. The third-order valence-corrected chi connectivity index (χ3v) is 3.58. The van der Waals surface area contributed by atoms with Gasteiger partial charge in [-0.3, -0.25) is 9.59 Å². The third-order valence-electron chi connectivity index (χ3n) is 3.58. The van der Waals surface area contributed by atoms with E-state index in [9.17, 15) is 9.59 Å². The molecule has 1 aromatic rings. The Bertz CT molecular complexity index is 543. The number of esters is 1. The maximum absolute atomic E-state index is 12.0. The molecule has 0 aromatic heterocycles. The van der Waals surface area contributed by atoms with Crippen molar-refractivity contribution in [1.29, 1.82) is 0 Å². The molecule has 0 bridgehead atoms. The molecule has 1 aliphatic rings. The summed E-state index contributed by atoms with van der Waals surface area (Å²) < 4.78 is 15.2. The van der Waals surface area contributed by atoms with Gasteiger partial charge in [-0.15, -0.1) is 0 Å². The molecular formula is C16H21NO5. The van der Waals surface area contributed by atoms with Gasteiger partial charge in [-0.25, -0.2) is 0 Å². The van der Waals surface area contributed by atoms with Crippen LogP contribution in [0.4, 0.5) is 0 Å². The van der Waals surface area contributed by atoms with Gasteiger partial charge in [0, 0.05) is 12.5 Å². The second kappa shape index (κ2) is 7.68. The van der Waals surface area contributed by atoms with Crippen LogP contribution in [0.2, 0.25) is 0 Å². The number of nitrogens with one attached hydrogen (secondary N) is 1. The average Bonchev–Trinajstić information content (AvgIpc) is 2.99. The zero-order valence-electron chi connectivity index (χ0n) is 12.9. The van der Waals surface area contributed by atoms with Gasteiger partial charge in [0.2, 0.25) is 12.7 Å². The highest BCUT2D eigenvalue weighted by Gasteiger charge is 2.16. The van der Waals surface area contributed by atoms with E-state index in [1.54, 1.807) is 0 Å². The molecule has 1 N–H and O–H groups in total. The Morgan fingerprint density at radius 2 is 2.09 bits per heavy atom. The Labute approximate surface area is 129 Å². The lowest BCUT2D eigenvalue weighted by Gasteiger charge is -2.15. The summed E-state index contributed by atoms with van der Waals surface area (Å²) in [5.74, 6) is 1.06. The minimum atomic E-state index is -0.317. The number of rotatable bonds is 7. The number of methoxy groups -OCH3 is 1. The fourth-order valence-electron chi connectivity index (χ4n) is 2.24. The molecule has 0 fully saturated rings.